The number of aliphatic carboxylic acids is 2. The van der Waals surface area contributed by atoms with Crippen molar-refractivity contribution in [3.63, 3.8) is 0 Å². The van der Waals surface area contributed by atoms with Crippen LogP contribution in [0, 0.1) is 6.92 Å². The molecule has 0 spiro atoms. The van der Waals surface area contributed by atoms with Gasteiger partial charge in [0, 0.05) is 32.5 Å². The van der Waals surface area contributed by atoms with Crippen LogP contribution < -0.4 is 4.74 Å². The van der Waals surface area contributed by atoms with Gasteiger partial charge in [-0.1, -0.05) is 17.7 Å². The van der Waals surface area contributed by atoms with Gasteiger partial charge in [-0.25, -0.2) is 9.59 Å². The van der Waals surface area contributed by atoms with E-state index in [1.54, 1.807) is 0 Å². The van der Waals surface area contributed by atoms with Crippen LogP contribution in [0.5, 0.6) is 5.75 Å². The molecule has 1 heterocycles. The standard InChI is InChI=1S/C14H19NO2.C2H2O4/c1-12-2-4-14(5-3-12)17-11-10-15-8-6-13(16)7-9-15;3-1(4)2(5)6/h2-5H,6-11H2,1H3;(H,3,4)(H,5,6). The van der Waals surface area contributed by atoms with Gasteiger partial charge in [-0.15, -0.1) is 0 Å². The summed E-state index contributed by atoms with van der Waals surface area (Å²) in [5.74, 6) is -2.34. The fourth-order valence-electron chi connectivity index (χ4n) is 1.95. The molecule has 2 rings (SSSR count). The third-order valence-electron chi connectivity index (χ3n) is 3.29. The summed E-state index contributed by atoms with van der Waals surface area (Å²) in [6.45, 7) is 5.43. The number of hydrogen-bond acceptors (Lipinski definition) is 5. The predicted molar refractivity (Wildman–Crippen MR) is 82.6 cm³/mol. The Balaban J connectivity index is 0.000000379. The number of ketones is 1. The van der Waals surface area contributed by atoms with Crippen molar-refractivity contribution in [1.29, 1.82) is 0 Å². The number of carboxylic acids is 2. The quantitative estimate of drug-likeness (QED) is 0.802. The Kier molecular flexibility index (Phi) is 7.76. The minimum atomic E-state index is -1.82. The Morgan fingerprint density at radius 3 is 2.09 bits per heavy atom. The van der Waals surface area contributed by atoms with Crippen LogP contribution in [-0.4, -0.2) is 59.1 Å². The lowest BCUT2D eigenvalue weighted by Crippen LogP contribution is -2.36. The molecule has 1 aromatic carbocycles. The van der Waals surface area contributed by atoms with Crippen molar-refractivity contribution in [3.8, 4) is 5.75 Å². The second kappa shape index (κ2) is 9.58. The summed E-state index contributed by atoms with van der Waals surface area (Å²) in [7, 11) is 0. The van der Waals surface area contributed by atoms with E-state index in [0.717, 1.165) is 25.4 Å². The minimum absolute atomic E-state index is 0.390. The van der Waals surface area contributed by atoms with E-state index in [2.05, 4.69) is 24.0 Å². The van der Waals surface area contributed by atoms with E-state index in [0.29, 0.717) is 25.2 Å². The lowest BCUT2D eigenvalue weighted by molar-refractivity contribution is -0.159. The minimum Gasteiger partial charge on any atom is -0.492 e. The van der Waals surface area contributed by atoms with Gasteiger partial charge in [0.05, 0.1) is 0 Å². The van der Waals surface area contributed by atoms with E-state index in [-0.39, 0.29) is 0 Å². The molecule has 1 saturated heterocycles. The van der Waals surface area contributed by atoms with E-state index in [1.807, 2.05) is 12.1 Å². The van der Waals surface area contributed by atoms with Crippen LogP contribution in [0.2, 0.25) is 0 Å². The summed E-state index contributed by atoms with van der Waals surface area (Å²) in [4.78, 5) is 31.6. The van der Waals surface area contributed by atoms with E-state index in [1.165, 1.54) is 5.56 Å². The maximum atomic E-state index is 11.1. The van der Waals surface area contributed by atoms with Gasteiger partial charge in [0.25, 0.3) is 0 Å². The number of hydrogen-bond donors (Lipinski definition) is 2. The summed E-state index contributed by atoms with van der Waals surface area (Å²) in [5, 5.41) is 14.8. The third kappa shape index (κ3) is 7.96. The number of Topliss-reactive ketones (excluding diaryl/α,β-unsaturated/α-hetero) is 1. The SMILES string of the molecule is Cc1ccc(OCCN2CCC(=O)CC2)cc1.O=C(O)C(=O)O. The number of likely N-dealkylation sites (tertiary alicyclic amines) is 1. The number of ether oxygens (including phenoxy) is 1. The van der Waals surface area contributed by atoms with Gasteiger partial charge < -0.3 is 14.9 Å². The van der Waals surface area contributed by atoms with Gasteiger partial charge >= 0.3 is 11.9 Å². The third-order valence-corrected chi connectivity index (χ3v) is 3.29. The zero-order chi connectivity index (χ0) is 17.2. The zero-order valence-corrected chi connectivity index (χ0v) is 13.0. The molecule has 0 saturated carbocycles. The van der Waals surface area contributed by atoms with Crippen molar-refractivity contribution in [1.82, 2.24) is 4.90 Å². The average Bonchev–Trinajstić information content (AvgIpc) is 2.52. The monoisotopic (exact) mass is 323 g/mol. The van der Waals surface area contributed by atoms with Crippen LogP contribution in [-0.2, 0) is 14.4 Å². The van der Waals surface area contributed by atoms with Crippen LogP contribution in [0.25, 0.3) is 0 Å². The average molecular weight is 323 g/mol. The first-order valence-electron chi connectivity index (χ1n) is 7.28. The van der Waals surface area contributed by atoms with Gasteiger partial charge in [-0.3, -0.25) is 9.69 Å². The molecule has 0 amide bonds. The molecule has 0 unspecified atom stereocenters. The smallest absolute Gasteiger partial charge is 0.414 e. The second-order valence-corrected chi connectivity index (χ2v) is 5.15. The van der Waals surface area contributed by atoms with E-state index in [9.17, 15) is 4.79 Å². The van der Waals surface area contributed by atoms with Gasteiger partial charge in [0.15, 0.2) is 0 Å². The number of nitrogens with zero attached hydrogens (tertiary/aromatic N) is 1. The fourth-order valence-corrected chi connectivity index (χ4v) is 1.95. The number of carbonyl (C=O) groups is 3. The lowest BCUT2D eigenvalue weighted by Gasteiger charge is -2.25. The molecule has 2 N–H and O–H groups in total. The number of rotatable bonds is 4. The van der Waals surface area contributed by atoms with Crippen LogP contribution in [0.15, 0.2) is 24.3 Å². The fraction of sp³-hybridized carbons (Fsp3) is 0.438. The molecule has 1 aliphatic heterocycles. The van der Waals surface area contributed by atoms with Crippen molar-refractivity contribution in [2.75, 3.05) is 26.2 Å². The summed E-state index contributed by atoms with van der Waals surface area (Å²) in [6, 6.07) is 8.09. The Hall–Kier alpha value is -2.41. The van der Waals surface area contributed by atoms with Crippen LogP contribution in [0.4, 0.5) is 0 Å². The van der Waals surface area contributed by atoms with Gasteiger partial charge in [0.1, 0.15) is 18.1 Å². The summed E-state index contributed by atoms with van der Waals surface area (Å²) in [5.41, 5.74) is 1.24. The largest absolute Gasteiger partial charge is 0.492 e. The number of carbonyl (C=O) groups excluding carboxylic acids is 1. The van der Waals surface area contributed by atoms with E-state index < -0.39 is 11.9 Å². The molecular formula is C16H21NO6. The van der Waals surface area contributed by atoms with E-state index >= 15 is 0 Å². The molecule has 0 aliphatic carbocycles. The highest BCUT2D eigenvalue weighted by Gasteiger charge is 2.15. The molecular weight excluding hydrogens is 302 g/mol. The molecule has 23 heavy (non-hydrogen) atoms. The lowest BCUT2D eigenvalue weighted by atomic mass is 10.1. The highest BCUT2D eigenvalue weighted by Crippen LogP contribution is 2.11. The van der Waals surface area contributed by atoms with Crippen molar-refractivity contribution in [3.05, 3.63) is 29.8 Å². The Bertz CT molecular complexity index is 518. The van der Waals surface area contributed by atoms with Crippen molar-refractivity contribution in [2.24, 2.45) is 0 Å². The number of carboxylic acid groups (broad SMARTS) is 2. The first-order valence-corrected chi connectivity index (χ1v) is 7.28. The van der Waals surface area contributed by atoms with Gasteiger partial charge in [-0.05, 0) is 19.1 Å². The molecule has 0 atom stereocenters. The maximum absolute atomic E-state index is 11.1. The Morgan fingerprint density at radius 1 is 1.09 bits per heavy atom. The first-order chi connectivity index (χ1) is 10.9. The summed E-state index contributed by atoms with van der Waals surface area (Å²) >= 11 is 0. The van der Waals surface area contributed by atoms with Crippen LogP contribution >= 0.6 is 0 Å². The second-order valence-electron chi connectivity index (χ2n) is 5.15. The Labute approximate surface area is 134 Å². The molecule has 1 aromatic rings. The molecule has 0 bridgehead atoms. The van der Waals surface area contributed by atoms with Crippen LogP contribution in [0.3, 0.4) is 0 Å². The van der Waals surface area contributed by atoms with Gasteiger partial charge in [-0.2, -0.15) is 0 Å². The van der Waals surface area contributed by atoms with Crippen molar-refractivity contribution < 1.29 is 29.3 Å². The molecule has 1 aliphatic rings. The highest BCUT2D eigenvalue weighted by molar-refractivity contribution is 6.27. The normalized spacial score (nSPS) is 14.6. The van der Waals surface area contributed by atoms with Gasteiger partial charge in [0.2, 0.25) is 0 Å². The summed E-state index contributed by atoms with van der Waals surface area (Å²) < 4.78 is 5.66. The van der Waals surface area contributed by atoms with Crippen LogP contribution in [0.1, 0.15) is 18.4 Å². The summed E-state index contributed by atoms with van der Waals surface area (Å²) in [6.07, 6.45) is 1.40. The molecule has 126 valence electrons. The highest BCUT2D eigenvalue weighted by atomic mass is 16.5. The molecule has 0 aromatic heterocycles. The first kappa shape index (κ1) is 18.6. The van der Waals surface area contributed by atoms with E-state index in [4.69, 9.17) is 24.5 Å². The van der Waals surface area contributed by atoms with Crippen molar-refractivity contribution in [2.45, 2.75) is 19.8 Å². The zero-order valence-electron chi connectivity index (χ0n) is 13.0. The molecule has 7 nitrogen and oxygen atoms in total. The number of aryl methyl sites for hydroxylation is 1. The number of benzene rings is 1. The molecule has 7 heteroatoms. The van der Waals surface area contributed by atoms with Crippen molar-refractivity contribution >= 4 is 17.7 Å². The predicted octanol–water partition coefficient (Wildman–Crippen LogP) is 1.19. The Morgan fingerprint density at radius 2 is 1.61 bits per heavy atom. The molecule has 0 radical (unpaired) electrons. The maximum Gasteiger partial charge on any atom is 0.414 e. The molecule has 1 fully saturated rings. The topological polar surface area (TPSA) is 104 Å². The number of piperidine rings is 1.